The Hall–Kier alpha value is -3.42. The number of hydrogen-bond acceptors (Lipinski definition) is 5. The zero-order valence-electron chi connectivity index (χ0n) is 17.4. The minimum absolute atomic E-state index is 0.124. The molecule has 7 nitrogen and oxygen atoms in total. The molecule has 0 fully saturated rings. The van der Waals surface area contributed by atoms with Crippen LogP contribution in [0.5, 0.6) is 11.5 Å². The lowest BCUT2D eigenvalue weighted by molar-refractivity contribution is -0.123. The summed E-state index contributed by atoms with van der Waals surface area (Å²) in [4.78, 5) is 24.9. The molecule has 30 heavy (non-hydrogen) atoms. The molecule has 0 spiro atoms. The van der Waals surface area contributed by atoms with Crippen LogP contribution in [0.1, 0.15) is 36.7 Å². The largest absolute Gasteiger partial charge is 0.493 e. The lowest BCUT2D eigenvalue weighted by Crippen LogP contribution is -2.48. The minimum atomic E-state index is -0.885. The summed E-state index contributed by atoms with van der Waals surface area (Å²) in [6.45, 7) is 5.88. The van der Waals surface area contributed by atoms with E-state index < -0.39 is 23.7 Å². The van der Waals surface area contributed by atoms with Crippen molar-refractivity contribution in [2.75, 3.05) is 13.7 Å². The molecule has 2 rings (SSSR count). The van der Waals surface area contributed by atoms with E-state index >= 15 is 0 Å². The summed E-state index contributed by atoms with van der Waals surface area (Å²) in [5.41, 5.74) is 2.98. The first kappa shape index (κ1) is 22.9. The van der Waals surface area contributed by atoms with E-state index in [2.05, 4.69) is 15.8 Å². The maximum Gasteiger partial charge on any atom is 0.262 e. The molecule has 0 aromatic heterocycles. The molecule has 1 unspecified atom stereocenters. The van der Waals surface area contributed by atoms with Gasteiger partial charge in [-0.3, -0.25) is 9.59 Å². The van der Waals surface area contributed by atoms with Gasteiger partial charge in [-0.05, 0) is 48.7 Å². The summed E-state index contributed by atoms with van der Waals surface area (Å²) >= 11 is 0. The van der Waals surface area contributed by atoms with Crippen molar-refractivity contribution < 1.29 is 23.5 Å². The third-order valence-electron chi connectivity index (χ3n) is 4.23. The third-order valence-corrected chi connectivity index (χ3v) is 4.23. The van der Waals surface area contributed by atoms with E-state index in [1.165, 1.54) is 24.4 Å². The predicted octanol–water partition coefficient (Wildman–Crippen LogP) is 3.14. The highest BCUT2D eigenvalue weighted by molar-refractivity contribution is 5.98. The minimum Gasteiger partial charge on any atom is -0.493 e. The number of nitrogens with zero attached hydrogens (tertiary/aromatic N) is 1. The van der Waals surface area contributed by atoms with E-state index in [0.29, 0.717) is 23.7 Å². The van der Waals surface area contributed by atoms with Crippen LogP contribution in [0.4, 0.5) is 4.39 Å². The van der Waals surface area contributed by atoms with Crippen LogP contribution in [0.3, 0.4) is 0 Å². The number of carbonyl (C=O) groups is 2. The lowest BCUT2D eigenvalue weighted by Gasteiger charge is -2.20. The first-order valence-electron chi connectivity index (χ1n) is 9.56. The molecule has 2 N–H and O–H groups in total. The number of nitrogens with one attached hydrogen (secondary N) is 2. The van der Waals surface area contributed by atoms with Crippen molar-refractivity contribution in [1.82, 2.24) is 10.7 Å². The average molecular weight is 415 g/mol. The molecule has 0 saturated carbocycles. The van der Waals surface area contributed by atoms with Crippen LogP contribution >= 0.6 is 0 Å². The van der Waals surface area contributed by atoms with Crippen LogP contribution in [0, 0.1) is 11.7 Å². The molecule has 0 aliphatic heterocycles. The molecular formula is C22H26FN3O4. The second kappa shape index (κ2) is 10.9. The van der Waals surface area contributed by atoms with Gasteiger partial charge in [-0.15, -0.1) is 0 Å². The fraction of sp³-hybridized carbons (Fsp3) is 0.318. The summed E-state index contributed by atoms with van der Waals surface area (Å²) in [5, 5.41) is 6.51. The Balaban J connectivity index is 2.06. The highest BCUT2D eigenvalue weighted by atomic mass is 19.1. The third kappa shape index (κ3) is 6.04. The van der Waals surface area contributed by atoms with Crippen LogP contribution in [-0.4, -0.2) is 37.8 Å². The normalized spacial score (nSPS) is 11.9. The van der Waals surface area contributed by atoms with Gasteiger partial charge in [0.1, 0.15) is 11.9 Å². The number of benzene rings is 2. The number of amides is 2. The Labute approximate surface area is 175 Å². The first-order chi connectivity index (χ1) is 14.4. The van der Waals surface area contributed by atoms with Crippen molar-refractivity contribution in [2.45, 2.75) is 26.8 Å². The van der Waals surface area contributed by atoms with Crippen molar-refractivity contribution in [3.63, 3.8) is 0 Å². The van der Waals surface area contributed by atoms with Crippen LogP contribution in [0.2, 0.25) is 0 Å². The average Bonchev–Trinajstić information content (AvgIpc) is 2.72. The fourth-order valence-electron chi connectivity index (χ4n) is 2.68. The van der Waals surface area contributed by atoms with Crippen molar-refractivity contribution in [1.29, 1.82) is 0 Å². The van der Waals surface area contributed by atoms with Crippen LogP contribution in [0.25, 0.3) is 0 Å². The molecule has 0 bridgehead atoms. The maximum absolute atomic E-state index is 13.8. The van der Waals surface area contributed by atoms with E-state index in [4.69, 9.17) is 9.47 Å². The Morgan fingerprint density at radius 1 is 1.17 bits per heavy atom. The van der Waals surface area contributed by atoms with Gasteiger partial charge < -0.3 is 14.8 Å². The van der Waals surface area contributed by atoms with Crippen LogP contribution in [-0.2, 0) is 4.79 Å². The Bertz CT molecular complexity index is 915. The van der Waals surface area contributed by atoms with Crippen molar-refractivity contribution in [3.8, 4) is 11.5 Å². The number of halogens is 1. The molecule has 1 atom stereocenters. The molecule has 8 heteroatoms. The van der Waals surface area contributed by atoms with Gasteiger partial charge in [-0.2, -0.15) is 5.10 Å². The summed E-state index contributed by atoms with van der Waals surface area (Å²) in [6, 6.07) is 9.94. The summed E-state index contributed by atoms with van der Waals surface area (Å²) in [5.74, 6) is -0.907. The molecule has 2 aromatic carbocycles. The molecule has 2 amide bonds. The monoisotopic (exact) mass is 415 g/mol. The second-order valence-electron chi connectivity index (χ2n) is 6.75. The van der Waals surface area contributed by atoms with Gasteiger partial charge in [-0.25, -0.2) is 9.82 Å². The number of ether oxygens (including phenoxy) is 2. The van der Waals surface area contributed by atoms with E-state index in [0.717, 1.165) is 0 Å². The highest BCUT2D eigenvalue weighted by Crippen LogP contribution is 2.27. The van der Waals surface area contributed by atoms with E-state index in [1.54, 1.807) is 45.2 Å². The van der Waals surface area contributed by atoms with Gasteiger partial charge in [0.05, 0.1) is 25.5 Å². The summed E-state index contributed by atoms with van der Waals surface area (Å²) < 4.78 is 24.6. The molecule has 2 aromatic rings. The van der Waals surface area contributed by atoms with Crippen molar-refractivity contribution in [2.24, 2.45) is 11.0 Å². The van der Waals surface area contributed by atoms with Gasteiger partial charge in [0, 0.05) is 0 Å². The van der Waals surface area contributed by atoms with Gasteiger partial charge in [0.2, 0.25) is 0 Å². The Kier molecular flexibility index (Phi) is 8.34. The topological polar surface area (TPSA) is 89.0 Å². The molecule has 0 saturated heterocycles. The number of hydrazone groups is 1. The molecule has 0 heterocycles. The fourth-order valence-corrected chi connectivity index (χ4v) is 2.68. The maximum atomic E-state index is 13.8. The van der Waals surface area contributed by atoms with Crippen molar-refractivity contribution in [3.05, 3.63) is 59.4 Å². The predicted molar refractivity (Wildman–Crippen MR) is 112 cm³/mol. The highest BCUT2D eigenvalue weighted by Gasteiger charge is 2.25. The van der Waals surface area contributed by atoms with E-state index in [1.807, 2.05) is 6.92 Å². The smallest absolute Gasteiger partial charge is 0.262 e. The molecule has 0 radical (unpaired) electrons. The van der Waals surface area contributed by atoms with Gasteiger partial charge >= 0.3 is 0 Å². The quantitative estimate of drug-likeness (QED) is 0.486. The molecule has 0 aliphatic carbocycles. The van der Waals surface area contributed by atoms with E-state index in [-0.39, 0.29) is 11.5 Å². The Morgan fingerprint density at radius 2 is 1.90 bits per heavy atom. The number of hydrogen-bond donors (Lipinski definition) is 2. The SMILES string of the molecule is CCOc1cc(/C=N/NC(=O)C(NC(=O)c2ccccc2F)C(C)C)ccc1OC. The number of rotatable bonds is 9. The summed E-state index contributed by atoms with van der Waals surface area (Å²) in [6.07, 6.45) is 1.45. The van der Waals surface area contributed by atoms with Crippen LogP contribution in [0.15, 0.2) is 47.6 Å². The zero-order chi connectivity index (χ0) is 22.1. The standard InChI is InChI=1S/C22H26FN3O4/c1-5-30-19-12-15(10-11-18(19)29-4)13-24-26-22(28)20(14(2)3)25-21(27)16-8-6-7-9-17(16)23/h6-14,20H,5H2,1-4H3,(H,25,27)(H,26,28)/b24-13+. The van der Waals surface area contributed by atoms with Gasteiger partial charge in [0.25, 0.3) is 11.8 Å². The zero-order valence-corrected chi connectivity index (χ0v) is 17.4. The lowest BCUT2D eigenvalue weighted by atomic mass is 10.0. The van der Waals surface area contributed by atoms with Crippen LogP contribution < -0.4 is 20.2 Å². The molecule has 160 valence electrons. The number of methoxy groups -OCH3 is 1. The number of carbonyl (C=O) groups excluding carboxylic acids is 2. The summed E-state index contributed by atoms with van der Waals surface area (Å²) in [7, 11) is 1.55. The Morgan fingerprint density at radius 3 is 2.53 bits per heavy atom. The van der Waals surface area contributed by atoms with E-state index in [9.17, 15) is 14.0 Å². The van der Waals surface area contributed by atoms with Crippen molar-refractivity contribution >= 4 is 18.0 Å². The molecule has 0 aliphatic rings. The first-order valence-corrected chi connectivity index (χ1v) is 9.56. The van der Waals surface area contributed by atoms with Gasteiger partial charge in [0.15, 0.2) is 11.5 Å². The molecular weight excluding hydrogens is 389 g/mol. The second-order valence-corrected chi connectivity index (χ2v) is 6.75. The van der Waals surface area contributed by atoms with Gasteiger partial charge in [-0.1, -0.05) is 26.0 Å².